The summed E-state index contributed by atoms with van der Waals surface area (Å²) in [6, 6.07) is 4.39. The molecule has 1 fully saturated rings. The number of carbonyl (C=O) groups is 1. The van der Waals surface area contributed by atoms with Crippen molar-refractivity contribution in [3.05, 3.63) is 35.1 Å². The fraction of sp³-hybridized carbons (Fsp3) is 0.438. The molecule has 0 bridgehead atoms. The van der Waals surface area contributed by atoms with Crippen molar-refractivity contribution in [1.29, 1.82) is 0 Å². The summed E-state index contributed by atoms with van der Waals surface area (Å²) in [7, 11) is 1.99. The molecule has 0 aromatic heterocycles. The second kappa shape index (κ2) is 7.21. The Kier molecular flexibility index (Phi) is 5.32. The Hall–Kier alpha value is -1.90. The van der Waals surface area contributed by atoms with E-state index in [1.54, 1.807) is 6.07 Å². The monoisotopic (exact) mass is 290 g/mol. The molecule has 1 aliphatic rings. The van der Waals surface area contributed by atoms with Crippen LogP contribution < -0.4 is 5.32 Å². The van der Waals surface area contributed by atoms with E-state index < -0.39 is 5.82 Å². The highest BCUT2D eigenvalue weighted by molar-refractivity contribution is 5.94. The number of rotatable bonds is 3. The maximum atomic E-state index is 14.0. The van der Waals surface area contributed by atoms with Crippen LogP contribution in [0.4, 0.5) is 4.39 Å². The Bertz CT molecular complexity index is 577. The van der Waals surface area contributed by atoms with Gasteiger partial charge in [0.25, 0.3) is 5.91 Å². The molecule has 1 unspecified atom stereocenters. The number of nitrogens with zero attached hydrogens (tertiary/aromatic N) is 1. The van der Waals surface area contributed by atoms with Crippen LogP contribution in [-0.4, -0.2) is 48.7 Å². The quantitative estimate of drug-likeness (QED) is 0.816. The lowest BCUT2D eigenvalue weighted by Gasteiger charge is -2.13. The molecule has 1 aliphatic heterocycles. The molecule has 1 heterocycles. The lowest BCUT2D eigenvalue weighted by Crippen LogP contribution is -2.36. The van der Waals surface area contributed by atoms with Crippen LogP contribution in [0, 0.1) is 17.7 Å². The van der Waals surface area contributed by atoms with Gasteiger partial charge in [0.2, 0.25) is 0 Å². The van der Waals surface area contributed by atoms with Gasteiger partial charge in [0.15, 0.2) is 0 Å². The first-order valence-corrected chi connectivity index (χ1v) is 6.99. The number of aliphatic hydroxyl groups excluding tert-OH is 1. The number of aliphatic hydroxyl groups is 1. The average Bonchev–Trinajstić information content (AvgIpc) is 2.84. The third kappa shape index (κ3) is 4.28. The molecular formula is C16H19FN2O2. The molecule has 0 radical (unpaired) electrons. The van der Waals surface area contributed by atoms with Gasteiger partial charge in [0.1, 0.15) is 5.82 Å². The van der Waals surface area contributed by atoms with Crippen molar-refractivity contribution < 1.29 is 14.3 Å². The standard InChI is InChI=1S/C16H19FN2O2/c1-19-8-7-13(11-19)18-16(21)14-6-5-12(10-15(14)17)4-2-3-9-20/h5-6,10,13,20H,3,7-9,11H2,1H3,(H,18,21). The van der Waals surface area contributed by atoms with Gasteiger partial charge in [0.05, 0.1) is 12.2 Å². The van der Waals surface area contributed by atoms with Crippen molar-refractivity contribution in [3.8, 4) is 11.8 Å². The van der Waals surface area contributed by atoms with Gasteiger partial charge in [-0.05, 0) is 38.2 Å². The molecular weight excluding hydrogens is 271 g/mol. The summed E-state index contributed by atoms with van der Waals surface area (Å²) in [5, 5.41) is 11.5. The topological polar surface area (TPSA) is 52.6 Å². The molecule has 4 nitrogen and oxygen atoms in total. The van der Waals surface area contributed by atoms with Gasteiger partial charge in [-0.15, -0.1) is 0 Å². The van der Waals surface area contributed by atoms with E-state index in [2.05, 4.69) is 22.1 Å². The molecule has 1 aromatic rings. The van der Waals surface area contributed by atoms with Gasteiger partial charge in [-0.2, -0.15) is 0 Å². The maximum Gasteiger partial charge on any atom is 0.254 e. The Labute approximate surface area is 124 Å². The zero-order valence-electron chi connectivity index (χ0n) is 12.0. The van der Waals surface area contributed by atoms with Gasteiger partial charge in [-0.25, -0.2) is 4.39 Å². The summed E-state index contributed by atoms with van der Waals surface area (Å²) in [5.74, 6) is 4.50. The SMILES string of the molecule is CN1CCC(NC(=O)c2ccc(C#CCCO)cc2F)C1. The Morgan fingerprint density at radius 3 is 3.00 bits per heavy atom. The first kappa shape index (κ1) is 15.5. The van der Waals surface area contributed by atoms with Crippen LogP contribution in [0.25, 0.3) is 0 Å². The fourth-order valence-electron chi connectivity index (χ4n) is 2.31. The second-order valence-corrected chi connectivity index (χ2v) is 5.19. The molecule has 112 valence electrons. The van der Waals surface area contributed by atoms with Crippen molar-refractivity contribution >= 4 is 5.91 Å². The van der Waals surface area contributed by atoms with Gasteiger partial charge >= 0.3 is 0 Å². The molecule has 1 amide bonds. The van der Waals surface area contributed by atoms with Gasteiger partial charge in [-0.1, -0.05) is 11.8 Å². The molecule has 1 aromatic carbocycles. The van der Waals surface area contributed by atoms with Crippen LogP contribution in [-0.2, 0) is 0 Å². The summed E-state index contributed by atoms with van der Waals surface area (Å²) in [6.45, 7) is 1.71. The Balaban J connectivity index is 2.03. The maximum absolute atomic E-state index is 14.0. The van der Waals surface area contributed by atoms with Gasteiger partial charge in [0, 0.05) is 24.6 Å². The molecule has 1 atom stereocenters. The first-order chi connectivity index (χ1) is 10.1. The van der Waals surface area contributed by atoms with Crippen LogP contribution in [0.5, 0.6) is 0 Å². The van der Waals surface area contributed by atoms with Crippen LogP contribution >= 0.6 is 0 Å². The largest absolute Gasteiger partial charge is 0.395 e. The molecule has 2 rings (SSSR count). The highest BCUT2D eigenvalue weighted by atomic mass is 19.1. The van der Waals surface area contributed by atoms with E-state index in [1.807, 2.05) is 7.05 Å². The minimum atomic E-state index is -0.574. The smallest absolute Gasteiger partial charge is 0.254 e. The molecule has 0 saturated carbocycles. The molecule has 0 aliphatic carbocycles. The molecule has 5 heteroatoms. The van der Waals surface area contributed by atoms with Crippen LogP contribution in [0.15, 0.2) is 18.2 Å². The lowest BCUT2D eigenvalue weighted by molar-refractivity contribution is 0.0934. The van der Waals surface area contributed by atoms with Crippen molar-refractivity contribution in [2.45, 2.75) is 18.9 Å². The number of benzene rings is 1. The fourth-order valence-corrected chi connectivity index (χ4v) is 2.31. The minimum Gasteiger partial charge on any atom is -0.395 e. The Morgan fingerprint density at radius 2 is 2.38 bits per heavy atom. The summed E-state index contributed by atoms with van der Waals surface area (Å²) in [6.07, 6.45) is 1.23. The molecule has 0 spiro atoms. The number of likely N-dealkylation sites (N-methyl/N-ethyl adjacent to an activating group) is 1. The summed E-state index contributed by atoms with van der Waals surface area (Å²) < 4.78 is 14.0. The predicted molar refractivity (Wildman–Crippen MR) is 78.3 cm³/mol. The van der Waals surface area contributed by atoms with Crippen molar-refractivity contribution in [3.63, 3.8) is 0 Å². The van der Waals surface area contributed by atoms with Crippen molar-refractivity contribution in [2.75, 3.05) is 26.7 Å². The zero-order valence-corrected chi connectivity index (χ0v) is 12.0. The van der Waals surface area contributed by atoms with E-state index >= 15 is 0 Å². The van der Waals surface area contributed by atoms with E-state index in [9.17, 15) is 9.18 Å². The number of nitrogens with one attached hydrogen (secondary N) is 1. The summed E-state index contributed by atoms with van der Waals surface area (Å²) in [4.78, 5) is 14.2. The molecule has 2 N–H and O–H groups in total. The van der Waals surface area contributed by atoms with Crippen LogP contribution in [0.1, 0.15) is 28.8 Å². The van der Waals surface area contributed by atoms with E-state index in [1.165, 1.54) is 12.1 Å². The first-order valence-electron chi connectivity index (χ1n) is 6.99. The highest BCUT2D eigenvalue weighted by Gasteiger charge is 2.22. The third-order valence-electron chi connectivity index (χ3n) is 3.41. The normalized spacial score (nSPS) is 18.1. The summed E-state index contributed by atoms with van der Waals surface area (Å²) >= 11 is 0. The van der Waals surface area contributed by atoms with E-state index in [4.69, 9.17) is 5.11 Å². The number of hydrogen-bond acceptors (Lipinski definition) is 3. The number of halogens is 1. The zero-order chi connectivity index (χ0) is 15.2. The average molecular weight is 290 g/mol. The Morgan fingerprint density at radius 1 is 1.57 bits per heavy atom. The van der Waals surface area contributed by atoms with Crippen molar-refractivity contribution in [2.24, 2.45) is 0 Å². The number of hydrogen-bond donors (Lipinski definition) is 2. The highest BCUT2D eigenvalue weighted by Crippen LogP contribution is 2.12. The van der Waals surface area contributed by atoms with Crippen LogP contribution in [0.3, 0.4) is 0 Å². The number of amides is 1. The van der Waals surface area contributed by atoms with Crippen LogP contribution in [0.2, 0.25) is 0 Å². The predicted octanol–water partition coefficient (Wildman–Crippen LogP) is 0.993. The van der Waals surface area contributed by atoms with E-state index in [0.29, 0.717) is 12.0 Å². The van der Waals surface area contributed by atoms with E-state index in [0.717, 1.165) is 19.5 Å². The number of likely N-dealkylation sites (tertiary alicyclic amines) is 1. The molecule has 1 saturated heterocycles. The molecule has 21 heavy (non-hydrogen) atoms. The van der Waals surface area contributed by atoms with Crippen molar-refractivity contribution in [1.82, 2.24) is 10.2 Å². The lowest BCUT2D eigenvalue weighted by atomic mass is 10.1. The minimum absolute atomic E-state index is 0.0220. The number of carbonyl (C=O) groups excluding carboxylic acids is 1. The summed E-state index contributed by atoms with van der Waals surface area (Å²) in [5.41, 5.74) is 0.537. The third-order valence-corrected chi connectivity index (χ3v) is 3.41. The van der Waals surface area contributed by atoms with E-state index in [-0.39, 0.29) is 24.1 Å². The second-order valence-electron chi connectivity index (χ2n) is 5.19. The van der Waals surface area contributed by atoms with Gasteiger partial charge < -0.3 is 15.3 Å². The van der Waals surface area contributed by atoms with Gasteiger partial charge in [-0.3, -0.25) is 4.79 Å².